The number of halogens is 2. The first-order valence-electron chi connectivity index (χ1n) is 5.72. The SMILES string of the molecule is Cc1cc(Br)ccc1C(=O)N(C)Cc1csc(Br)c1. The van der Waals surface area contributed by atoms with Crippen molar-refractivity contribution in [2.24, 2.45) is 0 Å². The summed E-state index contributed by atoms with van der Waals surface area (Å²) in [6.07, 6.45) is 0. The number of carbonyl (C=O) groups is 1. The maximum absolute atomic E-state index is 12.4. The van der Waals surface area contributed by atoms with Gasteiger partial charge in [-0.1, -0.05) is 15.9 Å². The van der Waals surface area contributed by atoms with Gasteiger partial charge in [0.2, 0.25) is 0 Å². The predicted octanol–water partition coefficient (Wildman–Crippen LogP) is 4.85. The molecular weight excluding hydrogens is 390 g/mol. The maximum Gasteiger partial charge on any atom is 0.254 e. The summed E-state index contributed by atoms with van der Waals surface area (Å²) in [4.78, 5) is 14.1. The largest absolute Gasteiger partial charge is 0.337 e. The Bertz CT molecular complexity index is 609. The second-order valence-electron chi connectivity index (χ2n) is 4.38. The van der Waals surface area contributed by atoms with Gasteiger partial charge in [-0.3, -0.25) is 4.79 Å². The number of hydrogen-bond donors (Lipinski definition) is 0. The molecule has 2 nitrogen and oxygen atoms in total. The van der Waals surface area contributed by atoms with Crippen LogP contribution < -0.4 is 0 Å². The summed E-state index contributed by atoms with van der Waals surface area (Å²) in [6.45, 7) is 2.57. The molecule has 0 aliphatic heterocycles. The van der Waals surface area contributed by atoms with Gasteiger partial charge < -0.3 is 4.90 Å². The zero-order chi connectivity index (χ0) is 14.0. The summed E-state index contributed by atoms with van der Waals surface area (Å²) in [7, 11) is 1.83. The van der Waals surface area contributed by atoms with Gasteiger partial charge in [-0.05, 0) is 63.6 Å². The van der Waals surface area contributed by atoms with E-state index < -0.39 is 0 Å². The van der Waals surface area contributed by atoms with E-state index in [1.165, 1.54) is 0 Å². The highest BCUT2D eigenvalue weighted by Crippen LogP contribution is 2.22. The Morgan fingerprint density at radius 2 is 2.05 bits per heavy atom. The first kappa shape index (κ1) is 14.8. The molecule has 19 heavy (non-hydrogen) atoms. The smallest absolute Gasteiger partial charge is 0.254 e. The lowest BCUT2D eigenvalue weighted by molar-refractivity contribution is 0.0784. The minimum atomic E-state index is 0.0484. The normalized spacial score (nSPS) is 10.5. The van der Waals surface area contributed by atoms with Crippen molar-refractivity contribution in [1.82, 2.24) is 4.90 Å². The molecule has 100 valence electrons. The van der Waals surface area contributed by atoms with Crippen LogP contribution in [0, 0.1) is 6.92 Å². The molecule has 1 aromatic heterocycles. The van der Waals surface area contributed by atoms with Crippen LogP contribution >= 0.6 is 43.2 Å². The van der Waals surface area contributed by atoms with Crippen molar-refractivity contribution >= 4 is 49.1 Å². The lowest BCUT2D eigenvalue weighted by Crippen LogP contribution is -2.26. The van der Waals surface area contributed by atoms with E-state index in [9.17, 15) is 4.79 Å². The molecule has 1 amide bonds. The maximum atomic E-state index is 12.4. The van der Waals surface area contributed by atoms with Crippen LogP contribution in [0.1, 0.15) is 21.5 Å². The van der Waals surface area contributed by atoms with Crippen molar-refractivity contribution in [2.45, 2.75) is 13.5 Å². The van der Waals surface area contributed by atoms with Crippen molar-refractivity contribution in [1.29, 1.82) is 0 Å². The molecule has 0 saturated heterocycles. The van der Waals surface area contributed by atoms with Crippen molar-refractivity contribution in [2.75, 3.05) is 7.05 Å². The number of amides is 1. The fraction of sp³-hybridized carbons (Fsp3) is 0.214. The summed E-state index contributed by atoms with van der Waals surface area (Å²) in [5.41, 5.74) is 2.88. The molecule has 0 aliphatic rings. The monoisotopic (exact) mass is 401 g/mol. The highest BCUT2D eigenvalue weighted by Gasteiger charge is 2.14. The molecule has 0 aliphatic carbocycles. The molecule has 0 bridgehead atoms. The van der Waals surface area contributed by atoms with E-state index in [1.807, 2.05) is 38.2 Å². The topological polar surface area (TPSA) is 20.3 Å². The number of thiophene rings is 1. The molecule has 0 spiro atoms. The number of hydrogen-bond acceptors (Lipinski definition) is 2. The zero-order valence-electron chi connectivity index (χ0n) is 10.6. The molecule has 2 aromatic rings. The number of rotatable bonds is 3. The third-order valence-corrected chi connectivity index (χ3v) is 4.85. The van der Waals surface area contributed by atoms with Gasteiger partial charge in [0.1, 0.15) is 0 Å². The highest BCUT2D eigenvalue weighted by atomic mass is 79.9. The fourth-order valence-electron chi connectivity index (χ4n) is 1.85. The first-order chi connectivity index (χ1) is 8.97. The summed E-state index contributed by atoms with van der Waals surface area (Å²) in [6, 6.07) is 7.77. The van der Waals surface area contributed by atoms with Gasteiger partial charge in [-0.15, -0.1) is 11.3 Å². The molecule has 0 N–H and O–H groups in total. The van der Waals surface area contributed by atoms with E-state index in [0.717, 1.165) is 24.9 Å². The van der Waals surface area contributed by atoms with Gasteiger partial charge in [0.25, 0.3) is 5.91 Å². The van der Waals surface area contributed by atoms with E-state index in [4.69, 9.17) is 0 Å². The Hall–Kier alpha value is -0.650. The zero-order valence-corrected chi connectivity index (χ0v) is 14.6. The van der Waals surface area contributed by atoms with Gasteiger partial charge in [0.05, 0.1) is 3.79 Å². The lowest BCUT2D eigenvalue weighted by atomic mass is 10.1. The molecule has 5 heteroatoms. The molecule has 0 radical (unpaired) electrons. The molecule has 2 rings (SSSR count). The lowest BCUT2D eigenvalue weighted by Gasteiger charge is -2.17. The highest BCUT2D eigenvalue weighted by molar-refractivity contribution is 9.11. The molecule has 0 atom stereocenters. The summed E-state index contributed by atoms with van der Waals surface area (Å²) < 4.78 is 2.08. The second kappa shape index (κ2) is 6.20. The second-order valence-corrected chi connectivity index (χ2v) is 7.59. The average Bonchev–Trinajstić information content (AvgIpc) is 2.74. The van der Waals surface area contributed by atoms with Crippen molar-refractivity contribution in [3.63, 3.8) is 0 Å². The summed E-state index contributed by atoms with van der Waals surface area (Å²) in [5, 5.41) is 2.06. The van der Waals surface area contributed by atoms with Crippen molar-refractivity contribution in [3.05, 3.63) is 54.6 Å². The number of nitrogens with zero attached hydrogens (tertiary/aromatic N) is 1. The summed E-state index contributed by atoms with van der Waals surface area (Å²) >= 11 is 8.48. The molecule has 0 saturated carbocycles. The fourth-order valence-corrected chi connectivity index (χ4v) is 3.52. The third kappa shape index (κ3) is 3.68. The van der Waals surface area contributed by atoms with E-state index in [2.05, 4.69) is 37.2 Å². The summed E-state index contributed by atoms with van der Waals surface area (Å²) in [5.74, 6) is 0.0484. The minimum absolute atomic E-state index is 0.0484. The number of benzene rings is 1. The van der Waals surface area contributed by atoms with Crippen molar-refractivity contribution in [3.8, 4) is 0 Å². The standard InChI is InChI=1S/C14H13Br2NOS/c1-9-5-11(15)3-4-12(9)14(18)17(2)7-10-6-13(16)19-8-10/h3-6,8H,7H2,1-2H3. The van der Waals surface area contributed by atoms with E-state index in [-0.39, 0.29) is 5.91 Å². The van der Waals surface area contributed by atoms with E-state index in [1.54, 1.807) is 16.2 Å². The van der Waals surface area contributed by atoms with Crippen LogP contribution in [0.2, 0.25) is 0 Å². The first-order valence-corrected chi connectivity index (χ1v) is 8.18. The Labute approximate surface area is 133 Å². The van der Waals surface area contributed by atoms with E-state index >= 15 is 0 Å². The Morgan fingerprint density at radius 1 is 1.32 bits per heavy atom. The predicted molar refractivity (Wildman–Crippen MR) is 86.7 cm³/mol. The molecule has 1 heterocycles. The van der Waals surface area contributed by atoms with Crippen LogP contribution in [0.15, 0.2) is 37.9 Å². The number of carbonyl (C=O) groups excluding carboxylic acids is 1. The van der Waals surface area contributed by atoms with Crippen LogP contribution in [0.3, 0.4) is 0 Å². The van der Waals surface area contributed by atoms with Crippen LogP contribution in [0.4, 0.5) is 0 Å². The van der Waals surface area contributed by atoms with Gasteiger partial charge in [0, 0.05) is 23.6 Å². The third-order valence-electron chi connectivity index (χ3n) is 2.81. The average molecular weight is 403 g/mol. The van der Waals surface area contributed by atoms with Gasteiger partial charge in [0.15, 0.2) is 0 Å². The van der Waals surface area contributed by atoms with E-state index in [0.29, 0.717) is 6.54 Å². The number of aryl methyl sites for hydroxylation is 1. The molecular formula is C14H13Br2NOS. The Kier molecular flexibility index (Phi) is 4.81. The van der Waals surface area contributed by atoms with Crippen molar-refractivity contribution < 1.29 is 4.79 Å². The minimum Gasteiger partial charge on any atom is -0.337 e. The molecule has 0 fully saturated rings. The van der Waals surface area contributed by atoms with Crippen LogP contribution in [0.25, 0.3) is 0 Å². The van der Waals surface area contributed by atoms with Gasteiger partial charge in [-0.25, -0.2) is 0 Å². The van der Waals surface area contributed by atoms with Gasteiger partial charge in [-0.2, -0.15) is 0 Å². The Balaban J connectivity index is 2.14. The Morgan fingerprint density at radius 3 is 2.63 bits per heavy atom. The molecule has 1 aromatic carbocycles. The molecule has 0 unspecified atom stereocenters. The van der Waals surface area contributed by atoms with Crippen LogP contribution in [0.5, 0.6) is 0 Å². The quantitative estimate of drug-likeness (QED) is 0.718. The van der Waals surface area contributed by atoms with Crippen LogP contribution in [-0.4, -0.2) is 17.9 Å². The van der Waals surface area contributed by atoms with Gasteiger partial charge >= 0.3 is 0 Å². The van der Waals surface area contributed by atoms with Crippen LogP contribution in [-0.2, 0) is 6.54 Å².